The highest BCUT2D eigenvalue weighted by atomic mass is 31.2. The van der Waals surface area contributed by atoms with Gasteiger partial charge in [0.25, 0.3) is 0 Å². The van der Waals surface area contributed by atoms with Crippen molar-refractivity contribution in [3.63, 3.8) is 0 Å². The molecule has 0 spiro atoms. The smallest absolute Gasteiger partial charge is 0.462 e. The molecule has 0 aliphatic carbocycles. The fourth-order valence-electron chi connectivity index (χ4n) is 10.2. The maximum absolute atomic E-state index is 13.0. The van der Waals surface area contributed by atoms with Crippen LogP contribution in [0.3, 0.4) is 0 Å². The first kappa shape index (κ1) is 86.1. The number of hydrogen-bond donors (Lipinski definition) is 3. The van der Waals surface area contributed by atoms with Crippen molar-refractivity contribution in [1.82, 2.24) is 0 Å². The number of unbranched alkanes of at least 4 members (excludes halogenated alkanes) is 30. The van der Waals surface area contributed by atoms with Crippen LogP contribution in [-0.2, 0) is 65.4 Å². The van der Waals surface area contributed by atoms with Crippen LogP contribution in [0.25, 0.3) is 0 Å². The van der Waals surface area contributed by atoms with E-state index in [9.17, 15) is 43.2 Å². The third-order valence-electron chi connectivity index (χ3n) is 16.5. The average Bonchev–Trinajstić information content (AvgIpc) is 3.70. The number of hydrogen-bond acceptors (Lipinski definition) is 15. The summed E-state index contributed by atoms with van der Waals surface area (Å²) in [5.41, 5.74) is 0. The van der Waals surface area contributed by atoms with Gasteiger partial charge >= 0.3 is 39.5 Å². The number of esters is 4. The van der Waals surface area contributed by atoms with Crippen LogP contribution in [0.5, 0.6) is 0 Å². The lowest BCUT2D eigenvalue weighted by Gasteiger charge is -2.21. The zero-order valence-corrected chi connectivity index (χ0v) is 59.1. The van der Waals surface area contributed by atoms with E-state index in [0.29, 0.717) is 31.6 Å². The maximum atomic E-state index is 13.0. The molecular weight excluding hydrogens is 1160 g/mol. The summed E-state index contributed by atoms with van der Waals surface area (Å²) >= 11 is 0. The molecule has 0 aromatic carbocycles. The van der Waals surface area contributed by atoms with Crippen molar-refractivity contribution < 1.29 is 80.2 Å². The summed E-state index contributed by atoms with van der Waals surface area (Å²) < 4.78 is 68.2. The minimum atomic E-state index is -4.95. The number of phosphoric acid groups is 2. The van der Waals surface area contributed by atoms with Crippen molar-refractivity contribution in [1.29, 1.82) is 0 Å². The third-order valence-corrected chi connectivity index (χ3v) is 18.4. The fraction of sp³-hybridized carbons (Fsp3) is 0.942. The number of rotatable bonds is 66. The second kappa shape index (κ2) is 58.8. The molecule has 0 fully saturated rings. The molecule has 0 radical (unpaired) electrons. The van der Waals surface area contributed by atoms with Gasteiger partial charge < -0.3 is 33.8 Å². The van der Waals surface area contributed by atoms with Crippen molar-refractivity contribution in [2.75, 3.05) is 39.6 Å². The highest BCUT2D eigenvalue weighted by Crippen LogP contribution is 2.45. The van der Waals surface area contributed by atoms with Crippen LogP contribution in [0.1, 0.15) is 338 Å². The van der Waals surface area contributed by atoms with Gasteiger partial charge in [0.2, 0.25) is 0 Å². The Bertz CT molecular complexity index is 1750. The van der Waals surface area contributed by atoms with Gasteiger partial charge in [-0.25, -0.2) is 9.13 Å². The standard InChI is InChI=1S/C69H134O17P2/c1-9-61(7)47-39-31-23-15-11-12-16-26-35-43-51-68(73)85-65(56-80-67(72)50-42-34-28-20-22-30-38-46-60(5)6)58-84-88(77,78)82-54-63(70)53-81-87(75,76)83-57-64(86-69(74)52-44-36-27-19-18-24-32-40-48-62(8)10-2)55-79-66(71)49-41-33-25-17-13-14-21-29-37-45-59(3)4/h59-65,70H,9-58H2,1-8H3,(H,75,76)(H,77,78)/t61?,62?,63?,64-,65-/m1/s1. The Morgan fingerprint density at radius 3 is 0.807 bits per heavy atom. The van der Waals surface area contributed by atoms with E-state index >= 15 is 0 Å². The molecule has 88 heavy (non-hydrogen) atoms. The molecule has 0 rings (SSSR count). The zero-order valence-electron chi connectivity index (χ0n) is 57.3. The van der Waals surface area contributed by atoms with Crippen LogP contribution in [0.2, 0.25) is 0 Å². The van der Waals surface area contributed by atoms with Crippen molar-refractivity contribution in [3.05, 3.63) is 0 Å². The van der Waals surface area contributed by atoms with Crippen LogP contribution in [0.4, 0.5) is 0 Å². The second-order valence-electron chi connectivity index (χ2n) is 26.4. The molecule has 3 N–H and O–H groups in total. The number of carbonyl (C=O) groups excluding carboxylic acids is 4. The Hall–Kier alpha value is -1.94. The lowest BCUT2D eigenvalue weighted by Crippen LogP contribution is -2.30. The summed E-state index contributed by atoms with van der Waals surface area (Å²) in [7, 11) is -9.90. The van der Waals surface area contributed by atoms with Gasteiger partial charge in [0.15, 0.2) is 12.2 Å². The van der Waals surface area contributed by atoms with Gasteiger partial charge in [0.1, 0.15) is 19.3 Å². The van der Waals surface area contributed by atoms with E-state index in [2.05, 4.69) is 55.4 Å². The molecule has 0 aliphatic rings. The highest BCUT2D eigenvalue weighted by Gasteiger charge is 2.30. The normalized spacial score (nSPS) is 14.9. The first-order valence-corrected chi connectivity index (χ1v) is 38.8. The van der Waals surface area contributed by atoms with Crippen LogP contribution in [-0.4, -0.2) is 96.7 Å². The van der Waals surface area contributed by atoms with E-state index < -0.39 is 97.5 Å². The van der Waals surface area contributed by atoms with Gasteiger partial charge in [-0.1, -0.05) is 287 Å². The molecule has 5 unspecified atom stereocenters. The molecule has 0 amide bonds. The van der Waals surface area contributed by atoms with E-state index in [1.807, 2.05) is 0 Å². The molecule has 0 heterocycles. The molecule has 522 valence electrons. The summed E-state index contributed by atoms with van der Waals surface area (Å²) in [5, 5.41) is 10.6. The Kier molecular flexibility index (Phi) is 57.6. The first-order chi connectivity index (χ1) is 42.2. The number of aliphatic hydroxyl groups excluding tert-OH is 1. The predicted octanol–water partition coefficient (Wildman–Crippen LogP) is 19.3. The Balaban J connectivity index is 5.27. The fourth-order valence-corrected chi connectivity index (χ4v) is 11.8. The van der Waals surface area contributed by atoms with E-state index in [1.165, 1.54) is 135 Å². The molecule has 0 saturated heterocycles. The highest BCUT2D eigenvalue weighted by molar-refractivity contribution is 7.47. The molecule has 0 saturated carbocycles. The molecule has 0 aromatic heterocycles. The monoisotopic (exact) mass is 1300 g/mol. The summed E-state index contributed by atoms with van der Waals surface area (Å²) in [5.74, 6) is 0.889. The molecule has 17 nitrogen and oxygen atoms in total. The van der Waals surface area contributed by atoms with Gasteiger partial charge in [0.05, 0.1) is 26.4 Å². The van der Waals surface area contributed by atoms with Gasteiger partial charge in [-0.05, 0) is 49.4 Å². The van der Waals surface area contributed by atoms with Crippen LogP contribution in [0.15, 0.2) is 0 Å². The lowest BCUT2D eigenvalue weighted by molar-refractivity contribution is -0.161. The number of ether oxygens (including phenoxy) is 4. The summed E-state index contributed by atoms with van der Waals surface area (Å²) in [4.78, 5) is 72.5. The number of phosphoric ester groups is 2. The minimum absolute atomic E-state index is 0.104. The van der Waals surface area contributed by atoms with Crippen molar-refractivity contribution in [3.8, 4) is 0 Å². The summed E-state index contributed by atoms with van der Waals surface area (Å²) in [6, 6.07) is 0. The topological polar surface area (TPSA) is 237 Å². The van der Waals surface area contributed by atoms with Crippen molar-refractivity contribution in [2.24, 2.45) is 23.7 Å². The van der Waals surface area contributed by atoms with Crippen LogP contribution >= 0.6 is 15.6 Å². The Labute approximate surface area is 537 Å². The molecule has 19 heteroatoms. The second-order valence-corrected chi connectivity index (χ2v) is 29.3. The Morgan fingerprint density at radius 1 is 0.318 bits per heavy atom. The predicted molar refractivity (Wildman–Crippen MR) is 354 cm³/mol. The van der Waals surface area contributed by atoms with E-state index in [4.69, 9.17) is 37.0 Å². The minimum Gasteiger partial charge on any atom is -0.462 e. The number of carbonyl (C=O) groups is 4. The van der Waals surface area contributed by atoms with Crippen molar-refractivity contribution >= 4 is 39.5 Å². The maximum Gasteiger partial charge on any atom is 0.472 e. The van der Waals surface area contributed by atoms with Gasteiger partial charge in [-0.2, -0.15) is 0 Å². The van der Waals surface area contributed by atoms with Gasteiger partial charge in [0, 0.05) is 25.7 Å². The molecule has 0 bridgehead atoms. The number of aliphatic hydroxyl groups is 1. The molecule has 0 aliphatic heterocycles. The van der Waals surface area contributed by atoms with Crippen molar-refractivity contribution in [2.45, 2.75) is 356 Å². The first-order valence-electron chi connectivity index (χ1n) is 35.8. The van der Waals surface area contributed by atoms with E-state index in [-0.39, 0.29) is 25.7 Å². The lowest BCUT2D eigenvalue weighted by atomic mass is 9.99. The van der Waals surface area contributed by atoms with Gasteiger partial charge in [-0.3, -0.25) is 37.3 Å². The molecule has 0 aromatic rings. The Morgan fingerprint density at radius 2 is 0.545 bits per heavy atom. The quantitative estimate of drug-likeness (QED) is 0.0222. The third kappa shape index (κ3) is 60.3. The molecular formula is C69H134O17P2. The zero-order chi connectivity index (χ0) is 65.4. The average molecular weight is 1300 g/mol. The largest absolute Gasteiger partial charge is 0.472 e. The summed E-state index contributed by atoms with van der Waals surface area (Å²) in [6.45, 7) is 14.1. The van der Waals surface area contributed by atoms with E-state index in [1.54, 1.807) is 0 Å². The SMILES string of the molecule is CCC(C)CCCCCCCCCCCCC(=O)O[C@H](COC(=O)CCCCCCCCCC(C)C)COP(=O)(O)OCC(O)COP(=O)(O)OC[C@@H](COC(=O)CCCCCCCCCCCC(C)C)OC(=O)CCCCCCCCCCC(C)CC. The molecule has 7 atom stereocenters. The van der Waals surface area contributed by atoms with Gasteiger partial charge in [-0.15, -0.1) is 0 Å². The summed E-state index contributed by atoms with van der Waals surface area (Å²) in [6.07, 6.45) is 40.2. The van der Waals surface area contributed by atoms with Crippen LogP contribution < -0.4 is 0 Å². The van der Waals surface area contributed by atoms with E-state index in [0.717, 1.165) is 114 Å². The van der Waals surface area contributed by atoms with Crippen LogP contribution in [0, 0.1) is 23.7 Å².